The molecule has 4 aliphatic carbocycles. The second kappa shape index (κ2) is 10.9. The molecule has 6 aromatic carbocycles. The van der Waals surface area contributed by atoms with E-state index >= 15 is 4.57 Å². The minimum Gasteiger partial charge on any atom is -0.309 e. The lowest BCUT2D eigenvalue weighted by molar-refractivity contribution is 0.521. The Labute approximate surface area is 288 Å². The average Bonchev–Trinajstić information content (AvgIpc) is 3.48. The number of allylic oxidation sites excluding steroid dienone is 5. The molecule has 2 heteroatoms. The summed E-state index contributed by atoms with van der Waals surface area (Å²) in [5, 5.41) is 2.57. The van der Waals surface area contributed by atoms with Crippen LogP contribution in [0.25, 0.3) is 17.2 Å². The van der Waals surface area contributed by atoms with E-state index in [9.17, 15) is 0 Å². The van der Waals surface area contributed by atoms with Gasteiger partial charge in [0.25, 0.3) is 0 Å². The van der Waals surface area contributed by atoms with Crippen LogP contribution in [0.15, 0.2) is 181 Å². The van der Waals surface area contributed by atoms with Crippen LogP contribution in [-0.2, 0) is 16.4 Å². The predicted octanol–water partition coefficient (Wildman–Crippen LogP) is 9.88. The van der Waals surface area contributed by atoms with Crippen LogP contribution >= 0.6 is 7.14 Å². The normalized spacial score (nSPS) is 19.3. The van der Waals surface area contributed by atoms with E-state index in [0.29, 0.717) is 5.92 Å². The van der Waals surface area contributed by atoms with Crippen molar-refractivity contribution in [3.8, 4) is 11.1 Å². The number of hydrogen-bond acceptors (Lipinski definition) is 1. The van der Waals surface area contributed by atoms with E-state index in [1.54, 1.807) is 5.57 Å². The van der Waals surface area contributed by atoms with Crippen LogP contribution in [0.5, 0.6) is 0 Å². The van der Waals surface area contributed by atoms with Crippen molar-refractivity contribution in [1.29, 1.82) is 0 Å². The van der Waals surface area contributed by atoms with Crippen LogP contribution in [0.3, 0.4) is 0 Å². The van der Waals surface area contributed by atoms with Crippen LogP contribution in [0.2, 0.25) is 0 Å². The molecule has 2 atom stereocenters. The third-order valence-corrected chi connectivity index (χ3v) is 14.6. The summed E-state index contributed by atoms with van der Waals surface area (Å²) in [5.41, 5.74) is 13.4. The van der Waals surface area contributed by atoms with Crippen LogP contribution < -0.4 is 15.9 Å². The molecule has 0 aliphatic heterocycles. The van der Waals surface area contributed by atoms with Crippen molar-refractivity contribution in [2.45, 2.75) is 24.2 Å². The summed E-state index contributed by atoms with van der Waals surface area (Å²) in [6.07, 6.45) is 11.9. The molecular weight excluding hydrogens is 611 g/mol. The summed E-state index contributed by atoms with van der Waals surface area (Å²) in [4.78, 5) is 0. The Morgan fingerprint density at radius 3 is 1.80 bits per heavy atom. The van der Waals surface area contributed by atoms with Gasteiger partial charge in [0.05, 0.1) is 5.41 Å². The highest BCUT2D eigenvalue weighted by Crippen LogP contribution is 2.62. The Balaban J connectivity index is 1.22. The monoisotopic (exact) mass is 646 g/mol. The zero-order valence-corrected chi connectivity index (χ0v) is 28.1. The van der Waals surface area contributed by atoms with E-state index < -0.39 is 12.6 Å². The summed E-state index contributed by atoms with van der Waals surface area (Å²) in [7, 11) is -3.11. The number of benzene rings is 6. The molecule has 0 amide bonds. The molecule has 0 heterocycles. The van der Waals surface area contributed by atoms with Gasteiger partial charge < -0.3 is 4.57 Å². The van der Waals surface area contributed by atoms with Crippen molar-refractivity contribution in [2.75, 3.05) is 0 Å². The third-order valence-electron chi connectivity index (χ3n) is 11.6. The Morgan fingerprint density at radius 2 is 1.14 bits per heavy atom. The maximum Gasteiger partial charge on any atom is 0.171 e. The van der Waals surface area contributed by atoms with Crippen LogP contribution in [0, 0.1) is 5.92 Å². The van der Waals surface area contributed by atoms with Crippen LogP contribution in [-0.4, -0.2) is 0 Å². The van der Waals surface area contributed by atoms with Crippen molar-refractivity contribution < 1.29 is 4.57 Å². The zero-order chi connectivity index (χ0) is 32.6. The van der Waals surface area contributed by atoms with Gasteiger partial charge in [-0.1, -0.05) is 182 Å². The highest BCUT2D eigenvalue weighted by atomic mass is 31.2. The Hall–Kier alpha value is -5.23. The lowest BCUT2D eigenvalue weighted by Gasteiger charge is -2.47. The van der Waals surface area contributed by atoms with Crippen molar-refractivity contribution in [1.82, 2.24) is 0 Å². The van der Waals surface area contributed by atoms with Crippen molar-refractivity contribution in [3.05, 3.63) is 214 Å². The molecule has 10 rings (SSSR count). The average molecular weight is 647 g/mol. The van der Waals surface area contributed by atoms with Gasteiger partial charge in [0, 0.05) is 27.7 Å². The molecule has 0 spiro atoms. The highest BCUT2D eigenvalue weighted by Gasteiger charge is 2.52. The first-order valence-corrected chi connectivity index (χ1v) is 19.1. The molecule has 6 aromatic rings. The molecule has 234 valence electrons. The van der Waals surface area contributed by atoms with Gasteiger partial charge in [-0.2, -0.15) is 0 Å². The molecule has 0 saturated heterocycles. The van der Waals surface area contributed by atoms with Gasteiger partial charge in [-0.3, -0.25) is 0 Å². The quantitative estimate of drug-likeness (QED) is 0.135. The largest absolute Gasteiger partial charge is 0.309 e. The summed E-state index contributed by atoms with van der Waals surface area (Å²) >= 11 is 0. The van der Waals surface area contributed by atoms with Crippen LogP contribution in [0.4, 0.5) is 0 Å². The molecule has 0 aromatic heterocycles. The Kier molecular flexibility index (Phi) is 6.39. The molecule has 0 bridgehead atoms. The van der Waals surface area contributed by atoms with E-state index in [4.69, 9.17) is 0 Å². The summed E-state index contributed by atoms with van der Waals surface area (Å²) in [6, 6.07) is 53.7. The molecule has 49 heavy (non-hydrogen) atoms. The number of fused-ring (bicyclic) bond motifs is 3. The number of rotatable bonds is 5. The molecule has 0 radical (unpaired) electrons. The minimum atomic E-state index is -3.11. The van der Waals surface area contributed by atoms with Gasteiger partial charge in [-0.15, -0.1) is 0 Å². The molecule has 1 nitrogen and oxygen atoms in total. The minimum absolute atomic E-state index is 0.229. The SMILES string of the molecule is O=P(c1ccccc1)(c1ccccc1)c1ccc(C2(C3=CCC4=CCc5cccc6c5C4C3C=C6)c3ccccc3-c3ccccc32)cc1. The van der Waals surface area contributed by atoms with E-state index in [2.05, 4.69) is 115 Å². The summed E-state index contributed by atoms with van der Waals surface area (Å²) < 4.78 is 15.4. The molecule has 4 aliphatic rings. The molecule has 0 fully saturated rings. The molecule has 0 saturated carbocycles. The lowest BCUT2D eigenvalue weighted by atomic mass is 9.56. The van der Waals surface area contributed by atoms with Gasteiger partial charge in [0.1, 0.15) is 0 Å². The van der Waals surface area contributed by atoms with Crippen molar-refractivity contribution >= 4 is 29.1 Å². The van der Waals surface area contributed by atoms with Gasteiger partial charge in [0.2, 0.25) is 0 Å². The Bertz CT molecular complexity index is 2320. The van der Waals surface area contributed by atoms with Gasteiger partial charge in [-0.25, -0.2) is 0 Å². The van der Waals surface area contributed by atoms with E-state index in [-0.39, 0.29) is 5.92 Å². The first kappa shape index (κ1) is 28.8. The second-order valence-corrected chi connectivity index (χ2v) is 16.6. The maximum atomic E-state index is 15.4. The first-order chi connectivity index (χ1) is 24.2. The Morgan fingerprint density at radius 1 is 0.551 bits per heavy atom. The van der Waals surface area contributed by atoms with Crippen molar-refractivity contribution in [2.24, 2.45) is 5.92 Å². The lowest BCUT2D eigenvalue weighted by Crippen LogP contribution is -2.38. The summed E-state index contributed by atoms with van der Waals surface area (Å²) in [5.74, 6) is 0.574. The topological polar surface area (TPSA) is 17.1 Å². The van der Waals surface area contributed by atoms with Gasteiger partial charge in [0.15, 0.2) is 7.14 Å². The fourth-order valence-electron chi connectivity index (χ4n) is 9.55. The molecule has 0 N–H and O–H groups in total. The van der Waals surface area contributed by atoms with Gasteiger partial charge >= 0.3 is 0 Å². The van der Waals surface area contributed by atoms with Crippen LogP contribution in [0.1, 0.15) is 45.7 Å². The number of hydrogen-bond donors (Lipinski definition) is 0. The maximum absolute atomic E-state index is 15.4. The van der Waals surface area contributed by atoms with Crippen molar-refractivity contribution in [3.63, 3.8) is 0 Å². The zero-order valence-electron chi connectivity index (χ0n) is 27.2. The van der Waals surface area contributed by atoms with E-state index in [1.807, 2.05) is 60.7 Å². The van der Waals surface area contributed by atoms with Gasteiger partial charge in [-0.05, 0) is 62.9 Å². The fourth-order valence-corrected chi connectivity index (χ4v) is 12.2. The van der Waals surface area contributed by atoms with E-state index in [0.717, 1.165) is 28.8 Å². The standard InChI is InChI=1S/C47H35OP/c48-49(36-14-3-1-4-15-36,37-16-5-2-6-17-37)38-28-26-35(27-29-38)47(42-20-9-7-18-39(42)40-19-8-10-21-43(40)47)44-31-25-34-23-22-32-12-11-13-33-24-30-41(44)46(34)45(32)33/h1-21,23-24,26-31,41,46H,22,25H2. The fraction of sp³-hybridized carbons (Fsp3) is 0.106. The predicted molar refractivity (Wildman–Crippen MR) is 204 cm³/mol. The third kappa shape index (κ3) is 3.97. The molecule has 2 unspecified atom stereocenters. The van der Waals surface area contributed by atoms with E-state index in [1.165, 1.54) is 50.1 Å². The smallest absolute Gasteiger partial charge is 0.171 e. The first-order valence-electron chi connectivity index (χ1n) is 17.4. The highest BCUT2D eigenvalue weighted by molar-refractivity contribution is 7.85. The molecular formula is C47H35OP. The second-order valence-electron chi connectivity index (χ2n) is 13.8. The summed E-state index contributed by atoms with van der Waals surface area (Å²) in [6.45, 7) is 0.